The van der Waals surface area contributed by atoms with Gasteiger partial charge in [0, 0.05) is 18.5 Å². The van der Waals surface area contributed by atoms with Gasteiger partial charge in [-0.15, -0.1) is 13.2 Å². The number of rotatable bonds is 4. The fourth-order valence-electron chi connectivity index (χ4n) is 2.00. The van der Waals surface area contributed by atoms with E-state index in [-0.39, 0.29) is 17.9 Å². The van der Waals surface area contributed by atoms with Crippen LogP contribution in [0.5, 0.6) is 5.75 Å². The first kappa shape index (κ1) is 15.1. The van der Waals surface area contributed by atoms with Crippen molar-refractivity contribution in [2.24, 2.45) is 0 Å². The molecular formula is C13H13F3N2O3. The first-order valence-electron chi connectivity index (χ1n) is 6.28. The van der Waals surface area contributed by atoms with Crippen molar-refractivity contribution < 1.29 is 27.5 Å². The second kappa shape index (κ2) is 6.02. The molecule has 1 aromatic rings. The molecule has 0 aliphatic carbocycles. The maximum Gasteiger partial charge on any atom is 0.573 e. The van der Waals surface area contributed by atoms with Crippen LogP contribution in [0.2, 0.25) is 0 Å². The minimum atomic E-state index is -4.82. The zero-order valence-electron chi connectivity index (χ0n) is 10.9. The van der Waals surface area contributed by atoms with Crippen molar-refractivity contribution >= 4 is 11.8 Å². The molecule has 2 rings (SSSR count). The number of alkyl halides is 3. The molecular weight excluding hydrogens is 289 g/mol. The van der Waals surface area contributed by atoms with E-state index < -0.39 is 18.0 Å². The molecule has 114 valence electrons. The molecule has 5 nitrogen and oxygen atoms in total. The maximum atomic E-state index is 12.3. The van der Waals surface area contributed by atoms with E-state index in [1.54, 1.807) is 0 Å². The summed E-state index contributed by atoms with van der Waals surface area (Å²) >= 11 is 0. The summed E-state index contributed by atoms with van der Waals surface area (Å²) < 4.78 is 40.7. The minimum Gasteiger partial charge on any atom is -0.405 e. The molecule has 1 N–H and O–H groups in total. The Labute approximate surface area is 118 Å². The standard InChI is InChI=1S/C13H13F3N2O3/c14-13(15,16)21-10-5-2-1-4-9(10)8-11(19)17-18-7-3-6-12(18)20/h1-2,4-5H,3,6-8H2,(H,17,19). The molecule has 0 saturated carbocycles. The van der Waals surface area contributed by atoms with Gasteiger partial charge in [0.2, 0.25) is 11.8 Å². The number of nitrogens with one attached hydrogen (secondary N) is 1. The number of para-hydroxylation sites is 1. The van der Waals surface area contributed by atoms with E-state index in [4.69, 9.17) is 0 Å². The molecule has 21 heavy (non-hydrogen) atoms. The molecule has 0 bridgehead atoms. The third-order valence-electron chi connectivity index (χ3n) is 2.88. The van der Waals surface area contributed by atoms with Gasteiger partial charge in [-0.05, 0) is 12.5 Å². The lowest BCUT2D eigenvalue weighted by Gasteiger charge is -2.17. The van der Waals surface area contributed by atoms with Gasteiger partial charge in [0.05, 0.1) is 6.42 Å². The number of carbonyl (C=O) groups is 2. The Morgan fingerprint density at radius 3 is 2.67 bits per heavy atom. The molecule has 1 aliphatic rings. The molecule has 8 heteroatoms. The van der Waals surface area contributed by atoms with E-state index >= 15 is 0 Å². The molecule has 1 aromatic carbocycles. The number of carbonyl (C=O) groups excluding carboxylic acids is 2. The van der Waals surface area contributed by atoms with Crippen molar-refractivity contribution in [2.75, 3.05) is 6.54 Å². The fourth-order valence-corrected chi connectivity index (χ4v) is 2.00. The average Bonchev–Trinajstić information content (AvgIpc) is 2.76. The van der Waals surface area contributed by atoms with Crippen LogP contribution < -0.4 is 10.2 Å². The Balaban J connectivity index is 2.02. The van der Waals surface area contributed by atoms with Crippen molar-refractivity contribution in [1.82, 2.24) is 10.4 Å². The van der Waals surface area contributed by atoms with Crippen LogP contribution in [0.25, 0.3) is 0 Å². The molecule has 2 amide bonds. The number of halogens is 3. The van der Waals surface area contributed by atoms with Gasteiger partial charge < -0.3 is 4.74 Å². The number of ether oxygens (including phenoxy) is 1. The Bertz CT molecular complexity index is 546. The van der Waals surface area contributed by atoms with Gasteiger partial charge in [0.15, 0.2) is 0 Å². The molecule has 0 unspecified atom stereocenters. The van der Waals surface area contributed by atoms with Crippen LogP contribution in [-0.2, 0) is 16.0 Å². The van der Waals surface area contributed by atoms with E-state index in [0.717, 1.165) is 6.07 Å². The first-order chi connectivity index (χ1) is 9.85. The van der Waals surface area contributed by atoms with Crippen LogP contribution in [0, 0.1) is 0 Å². The third-order valence-corrected chi connectivity index (χ3v) is 2.88. The van der Waals surface area contributed by atoms with Crippen LogP contribution in [0.4, 0.5) is 13.2 Å². The molecule has 1 heterocycles. The Kier molecular flexibility index (Phi) is 4.35. The predicted octanol–water partition coefficient (Wildman–Crippen LogP) is 1.78. The lowest BCUT2D eigenvalue weighted by atomic mass is 10.1. The van der Waals surface area contributed by atoms with Gasteiger partial charge in [-0.3, -0.25) is 20.0 Å². The number of nitrogens with zero attached hydrogens (tertiary/aromatic N) is 1. The molecule has 1 fully saturated rings. The summed E-state index contributed by atoms with van der Waals surface area (Å²) in [5.74, 6) is -1.19. The lowest BCUT2D eigenvalue weighted by molar-refractivity contribution is -0.274. The summed E-state index contributed by atoms with van der Waals surface area (Å²) in [4.78, 5) is 23.1. The Hall–Kier alpha value is -2.25. The van der Waals surface area contributed by atoms with Gasteiger partial charge in [0.25, 0.3) is 0 Å². The molecule has 0 spiro atoms. The number of hydrogen-bond donors (Lipinski definition) is 1. The van der Waals surface area contributed by atoms with Crippen molar-refractivity contribution in [3.8, 4) is 5.75 Å². The lowest BCUT2D eigenvalue weighted by Crippen LogP contribution is -2.43. The second-order valence-electron chi connectivity index (χ2n) is 4.52. The predicted molar refractivity (Wildman–Crippen MR) is 65.9 cm³/mol. The van der Waals surface area contributed by atoms with Gasteiger partial charge >= 0.3 is 6.36 Å². The van der Waals surface area contributed by atoms with E-state index in [9.17, 15) is 22.8 Å². The van der Waals surface area contributed by atoms with Crippen molar-refractivity contribution in [2.45, 2.75) is 25.6 Å². The van der Waals surface area contributed by atoms with Crippen LogP contribution >= 0.6 is 0 Å². The van der Waals surface area contributed by atoms with Crippen LogP contribution in [0.1, 0.15) is 18.4 Å². The van der Waals surface area contributed by atoms with Gasteiger partial charge in [-0.1, -0.05) is 18.2 Å². The second-order valence-corrected chi connectivity index (χ2v) is 4.52. The van der Waals surface area contributed by atoms with E-state index in [0.29, 0.717) is 19.4 Å². The number of hydrogen-bond acceptors (Lipinski definition) is 3. The largest absolute Gasteiger partial charge is 0.573 e. The van der Waals surface area contributed by atoms with Crippen LogP contribution in [0.3, 0.4) is 0 Å². The van der Waals surface area contributed by atoms with E-state index in [1.165, 1.54) is 23.2 Å². The van der Waals surface area contributed by atoms with Crippen molar-refractivity contribution in [3.63, 3.8) is 0 Å². The average molecular weight is 302 g/mol. The van der Waals surface area contributed by atoms with Crippen LogP contribution in [0.15, 0.2) is 24.3 Å². The minimum absolute atomic E-state index is 0.0963. The summed E-state index contributed by atoms with van der Waals surface area (Å²) in [6.45, 7) is 0.408. The number of hydrazine groups is 1. The highest BCUT2D eigenvalue weighted by molar-refractivity contribution is 5.84. The normalized spacial score (nSPS) is 15.2. The third kappa shape index (κ3) is 4.37. The van der Waals surface area contributed by atoms with E-state index in [2.05, 4.69) is 10.2 Å². The highest BCUT2D eigenvalue weighted by Crippen LogP contribution is 2.26. The zero-order valence-corrected chi connectivity index (χ0v) is 10.9. The summed E-state index contributed by atoms with van der Waals surface area (Å²) in [6.07, 6.45) is -4.13. The monoisotopic (exact) mass is 302 g/mol. The van der Waals surface area contributed by atoms with Gasteiger partial charge in [0.1, 0.15) is 5.75 Å². The zero-order chi connectivity index (χ0) is 15.5. The van der Waals surface area contributed by atoms with Crippen LogP contribution in [-0.4, -0.2) is 29.7 Å². The molecule has 0 aromatic heterocycles. The van der Waals surface area contributed by atoms with Gasteiger partial charge in [-0.25, -0.2) is 0 Å². The van der Waals surface area contributed by atoms with Crippen molar-refractivity contribution in [1.29, 1.82) is 0 Å². The summed E-state index contributed by atoms with van der Waals surface area (Å²) in [5.41, 5.74) is 2.47. The van der Waals surface area contributed by atoms with Gasteiger partial charge in [-0.2, -0.15) is 0 Å². The quantitative estimate of drug-likeness (QED) is 0.922. The fraction of sp³-hybridized carbons (Fsp3) is 0.385. The number of benzene rings is 1. The highest BCUT2D eigenvalue weighted by Gasteiger charge is 2.32. The topological polar surface area (TPSA) is 58.6 Å². The molecule has 0 radical (unpaired) electrons. The summed E-state index contributed by atoms with van der Waals surface area (Å²) in [7, 11) is 0. The Morgan fingerprint density at radius 2 is 2.05 bits per heavy atom. The number of amides is 2. The molecule has 1 aliphatic heterocycles. The molecule has 1 saturated heterocycles. The SMILES string of the molecule is O=C(Cc1ccccc1OC(F)(F)F)NN1CCCC1=O. The van der Waals surface area contributed by atoms with E-state index in [1.807, 2.05) is 0 Å². The maximum absolute atomic E-state index is 12.3. The molecule has 0 atom stereocenters. The first-order valence-corrected chi connectivity index (χ1v) is 6.28. The Morgan fingerprint density at radius 1 is 1.33 bits per heavy atom. The smallest absolute Gasteiger partial charge is 0.405 e. The summed E-state index contributed by atoms with van der Waals surface area (Å²) in [6, 6.07) is 5.39. The highest BCUT2D eigenvalue weighted by atomic mass is 19.4. The summed E-state index contributed by atoms with van der Waals surface area (Å²) in [5, 5.41) is 1.18. The van der Waals surface area contributed by atoms with Crippen molar-refractivity contribution in [3.05, 3.63) is 29.8 Å².